The van der Waals surface area contributed by atoms with Crippen molar-refractivity contribution in [3.8, 4) is 29.4 Å². The molecule has 27 heavy (non-hydrogen) atoms. The second kappa shape index (κ2) is 9.29. The van der Waals surface area contributed by atoms with E-state index in [1.54, 1.807) is 6.92 Å². The summed E-state index contributed by atoms with van der Waals surface area (Å²) in [7, 11) is 0. The number of ether oxygens (including phenoxy) is 1. The van der Waals surface area contributed by atoms with Crippen molar-refractivity contribution in [2.45, 2.75) is 52.9 Å². The van der Waals surface area contributed by atoms with E-state index in [4.69, 9.17) is 4.74 Å². The molecule has 0 radical (unpaired) electrons. The van der Waals surface area contributed by atoms with Crippen LogP contribution < -0.4 is 4.74 Å². The highest BCUT2D eigenvalue weighted by atomic mass is 19.1. The summed E-state index contributed by atoms with van der Waals surface area (Å²) in [4.78, 5) is 0. The third kappa shape index (κ3) is 5.90. The van der Waals surface area contributed by atoms with Gasteiger partial charge >= 0.3 is 0 Å². The summed E-state index contributed by atoms with van der Waals surface area (Å²) in [5.41, 5.74) is 2.83. The number of hydrogen-bond acceptors (Lipinski definition) is 1. The molecule has 0 aliphatic heterocycles. The summed E-state index contributed by atoms with van der Waals surface area (Å²) in [5, 5.41) is 0. The van der Waals surface area contributed by atoms with E-state index in [1.807, 2.05) is 30.3 Å². The van der Waals surface area contributed by atoms with E-state index >= 15 is 0 Å². The van der Waals surface area contributed by atoms with Crippen molar-refractivity contribution in [3.05, 3.63) is 64.5 Å². The van der Waals surface area contributed by atoms with Crippen LogP contribution in [0.5, 0.6) is 5.75 Å². The zero-order chi connectivity index (χ0) is 19.9. The van der Waals surface area contributed by atoms with Gasteiger partial charge in [0.25, 0.3) is 0 Å². The molecule has 140 valence electrons. The first-order valence-electron chi connectivity index (χ1n) is 9.36. The molecule has 2 aromatic rings. The maximum absolute atomic E-state index is 14.3. The van der Waals surface area contributed by atoms with E-state index in [0.29, 0.717) is 11.1 Å². The van der Waals surface area contributed by atoms with Gasteiger partial charge in [-0.1, -0.05) is 51.9 Å². The fraction of sp³-hybridized carbons (Fsp3) is 0.360. The summed E-state index contributed by atoms with van der Waals surface area (Å²) in [6.45, 7) is 10.9. The molecule has 0 bridgehead atoms. The molecule has 2 aromatic carbocycles. The van der Waals surface area contributed by atoms with Crippen LogP contribution in [0.3, 0.4) is 0 Å². The lowest BCUT2D eigenvalue weighted by atomic mass is 9.82. The van der Waals surface area contributed by atoms with Crippen LogP contribution in [0.4, 0.5) is 4.39 Å². The molecule has 0 N–H and O–H groups in total. The average molecular weight is 362 g/mol. The Morgan fingerprint density at radius 2 is 1.67 bits per heavy atom. The van der Waals surface area contributed by atoms with E-state index in [0.717, 1.165) is 36.3 Å². The molecule has 0 amide bonds. The minimum absolute atomic E-state index is 0.154. The van der Waals surface area contributed by atoms with Crippen LogP contribution in [0, 0.1) is 29.5 Å². The SMILES string of the molecule is CC#Cc1cc(C(C)(C)C)c(C#Cc2ccc(OCCCC)cc2)cc1F. The van der Waals surface area contributed by atoms with Gasteiger partial charge < -0.3 is 4.74 Å². The molecule has 1 nitrogen and oxygen atoms in total. The molecule has 0 atom stereocenters. The quantitative estimate of drug-likeness (QED) is 0.473. The minimum atomic E-state index is -0.332. The molecule has 0 saturated carbocycles. The van der Waals surface area contributed by atoms with Gasteiger partial charge in [-0.2, -0.15) is 0 Å². The van der Waals surface area contributed by atoms with E-state index in [9.17, 15) is 4.39 Å². The Kier molecular flexibility index (Phi) is 7.09. The van der Waals surface area contributed by atoms with Crippen LogP contribution in [-0.4, -0.2) is 6.61 Å². The number of benzene rings is 2. The van der Waals surface area contributed by atoms with E-state index < -0.39 is 0 Å². The van der Waals surface area contributed by atoms with Gasteiger partial charge in [0.05, 0.1) is 12.2 Å². The number of hydrogen-bond donors (Lipinski definition) is 0. The zero-order valence-electron chi connectivity index (χ0n) is 16.9. The van der Waals surface area contributed by atoms with Gasteiger partial charge in [0.2, 0.25) is 0 Å². The third-order valence-corrected chi connectivity index (χ3v) is 4.14. The summed E-state index contributed by atoms with van der Waals surface area (Å²) >= 11 is 0. The molecular weight excluding hydrogens is 335 g/mol. The van der Waals surface area contributed by atoms with Crippen LogP contribution in [0.2, 0.25) is 0 Å². The molecule has 0 aliphatic rings. The fourth-order valence-electron chi connectivity index (χ4n) is 2.64. The van der Waals surface area contributed by atoms with Gasteiger partial charge in [-0.05, 0) is 60.7 Å². The van der Waals surface area contributed by atoms with Crippen LogP contribution in [-0.2, 0) is 5.41 Å². The van der Waals surface area contributed by atoms with Crippen molar-refractivity contribution >= 4 is 0 Å². The predicted octanol–water partition coefficient (Wildman–Crippen LogP) is 6.07. The second-order valence-electron chi connectivity index (χ2n) is 7.48. The Labute approximate surface area is 163 Å². The highest BCUT2D eigenvalue weighted by Crippen LogP contribution is 2.28. The average Bonchev–Trinajstić information content (AvgIpc) is 2.62. The first kappa shape index (κ1) is 20.6. The van der Waals surface area contributed by atoms with E-state index in [1.165, 1.54) is 6.07 Å². The number of halogens is 1. The molecule has 0 fully saturated rings. The molecule has 0 heterocycles. The number of rotatable bonds is 4. The Hall–Kier alpha value is -2.71. The molecule has 2 rings (SSSR count). The minimum Gasteiger partial charge on any atom is -0.494 e. The lowest BCUT2D eigenvalue weighted by molar-refractivity contribution is 0.309. The smallest absolute Gasteiger partial charge is 0.140 e. The van der Waals surface area contributed by atoms with Crippen molar-refractivity contribution in [2.75, 3.05) is 6.61 Å². The maximum Gasteiger partial charge on any atom is 0.140 e. The first-order valence-corrected chi connectivity index (χ1v) is 9.36. The zero-order valence-corrected chi connectivity index (χ0v) is 16.9. The first-order chi connectivity index (χ1) is 12.8. The molecule has 0 aromatic heterocycles. The summed E-state index contributed by atoms with van der Waals surface area (Å²) in [6, 6.07) is 11.0. The van der Waals surface area contributed by atoms with Gasteiger partial charge in [0, 0.05) is 11.1 Å². The molecule has 0 saturated heterocycles. The number of unbranched alkanes of at least 4 members (excludes halogenated alkanes) is 1. The molecule has 0 aliphatic carbocycles. The van der Waals surface area contributed by atoms with Crippen molar-refractivity contribution in [1.82, 2.24) is 0 Å². The molecular formula is C25H27FO. The van der Waals surface area contributed by atoms with Crippen molar-refractivity contribution < 1.29 is 9.13 Å². The predicted molar refractivity (Wildman–Crippen MR) is 110 cm³/mol. The van der Waals surface area contributed by atoms with E-state index in [2.05, 4.69) is 51.4 Å². The van der Waals surface area contributed by atoms with E-state index in [-0.39, 0.29) is 11.2 Å². The normalized spacial score (nSPS) is 10.4. The highest BCUT2D eigenvalue weighted by Gasteiger charge is 2.19. The summed E-state index contributed by atoms with van der Waals surface area (Å²) in [6.07, 6.45) is 2.15. The van der Waals surface area contributed by atoms with Gasteiger partial charge in [0.1, 0.15) is 11.6 Å². The fourth-order valence-corrected chi connectivity index (χ4v) is 2.64. The largest absolute Gasteiger partial charge is 0.494 e. The Morgan fingerprint density at radius 1 is 0.963 bits per heavy atom. The maximum atomic E-state index is 14.3. The van der Waals surface area contributed by atoms with Crippen molar-refractivity contribution in [1.29, 1.82) is 0 Å². The van der Waals surface area contributed by atoms with Gasteiger partial charge in [-0.25, -0.2) is 4.39 Å². The second-order valence-corrected chi connectivity index (χ2v) is 7.48. The van der Waals surface area contributed by atoms with Crippen molar-refractivity contribution in [2.24, 2.45) is 0 Å². The van der Waals surface area contributed by atoms with Gasteiger partial charge in [-0.3, -0.25) is 0 Å². The molecule has 2 heteroatoms. The Balaban J connectivity index is 2.32. The summed E-state index contributed by atoms with van der Waals surface area (Å²) in [5.74, 6) is 12.4. The van der Waals surface area contributed by atoms with Crippen LogP contribution in [0.15, 0.2) is 36.4 Å². The molecule has 0 spiro atoms. The topological polar surface area (TPSA) is 9.23 Å². The van der Waals surface area contributed by atoms with Crippen LogP contribution in [0.1, 0.15) is 69.7 Å². The Bertz CT molecular complexity index is 894. The van der Waals surface area contributed by atoms with Gasteiger partial charge in [-0.15, -0.1) is 5.92 Å². The summed E-state index contributed by atoms with van der Waals surface area (Å²) < 4.78 is 20.0. The lowest BCUT2D eigenvalue weighted by Gasteiger charge is -2.21. The van der Waals surface area contributed by atoms with Gasteiger partial charge in [0.15, 0.2) is 0 Å². The van der Waals surface area contributed by atoms with Crippen LogP contribution in [0.25, 0.3) is 0 Å². The standard InChI is InChI=1S/C25H27FO/c1-6-8-16-27-22-14-11-19(12-15-22)10-13-20-18-24(26)21(9-7-2)17-23(20)25(3,4)5/h11-12,14-15,17-18H,6,8,16H2,1-5H3. The lowest BCUT2D eigenvalue weighted by Crippen LogP contribution is -2.14. The van der Waals surface area contributed by atoms with Crippen LogP contribution >= 0.6 is 0 Å². The molecule has 0 unspecified atom stereocenters. The monoisotopic (exact) mass is 362 g/mol. The Morgan fingerprint density at radius 3 is 2.26 bits per heavy atom. The third-order valence-electron chi connectivity index (χ3n) is 4.14. The highest BCUT2D eigenvalue weighted by molar-refractivity contribution is 5.53. The van der Waals surface area contributed by atoms with Crippen molar-refractivity contribution in [3.63, 3.8) is 0 Å².